The molecule has 2 N–H and O–H groups in total. The highest BCUT2D eigenvalue weighted by Gasteiger charge is 2.30. The number of carbonyl (C=O) groups is 2. The topological polar surface area (TPSA) is 61.4 Å². The highest BCUT2D eigenvalue weighted by Crippen LogP contribution is 2.13. The Hall–Kier alpha value is -1.75. The molecule has 1 aromatic rings. The minimum absolute atomic E-state index is 0.182. The van der Waals surface area contributed by atoms with Crippen LogP contribution >= 0.6 is 11.6 Å². The maximum Gasteiger partial charge on any atom is 0.320 e. The monoisotopic (exact) mass is 283 g/mol. The molecule has 0 unspecified atom stereocenters. The molecular weight excluding hydrogens is 266 g/mol. The number of nitrogens with one attached hydrogen (secondary N) is 2. The zero-order chi connectivity index (χ0) is 14.6. The molecule has 104 valence electrons. The number of halogens is 1. The molecular formula is C13H18ClN3O2. The van der Waals surface area contributed by atoms with Crippen molar-refractivity contribution in [3.05, 3.63) is 29.3 Å². The van der Waals surface area contributed by atoms with Gasteiger partial charge in [-0.15, -0.1) is 0 Å². The van der Waals surface area contributed by atoms with E-state index >= 15 is 0 Å². The smallest absolute Gasteiger partial charge is 0.320 e. The Morgan fingerprint density at radius 3 is 2.16 bits per heavy atom. The first-order valence-corrected chi connectivity index (χ1v) is 6.16. The zero-order valence-electron chi connectivity index (χ0n) is 11.5. The number of carbonyl (C=O) groups excluding carboxylic acids is 2. The van der Waals surface area contributed by atoms with Gasteiger partial charge in [0.1, 0.15) is 5.54 Å². The number of likely N-dealkylation sites (N-methyl/N-ethyl adjacent to an activating group) is 1. The summed E-state index contributed by atoms with van der Waals surface area (Å²) in [6.07, 6.45) is 0. The molecule has 0 aromatic heterocycles. The van der Waals surface area contributed by atoms with Crippen LogP contribution in [0.15, 0.2) is 24.3 Å². The minimum Gasteiger partial charge on any atom is -0.347 e. The summed E-state index contributed by atoms with van der Waals surface area (Å²) in [4.78, 5) is 25.1. The SMILES string of the molecule is CN(C)C(=O)C(C)(C)NC(=O)Nc1ccc(Cl)cc1. The van der Waals surface area contributed by atoms with Crippen LogP contribution in [-0.2, 0) is 4.79 Å². The van der Waals surface area contributed by atoms with Crippen molar-refractivity contribution in [1.29, 1.82) is 0 Å². The molecule has 0 aliphatic carbocycles. The van der Waals surface area contributed by atoms with Gasteiger partial charge in [-0.3, -0.25) is 4.79 Å². The maximum absolute atomic E-state index is 11.9. The molecule has 0 saturated carbocycles. The fourth-order valence-electron chi connectivity index (χ4n) is 1.59. The van der Waals surface area contributed by atoms with Gasteiger partial charge in [-0.2, -0.15) is 0 Å². The van der Waals surface area contributed by atoms with Gasteiger partial charge in [0.2, 0.25) is 5.91 Å². The van der Waals surface area contributed by atoms with Crippen LogP contribution in [-0.4, -0.2) is 36.5 Å². The quantitative estimate of drug-likeness (QED) is 0.894. The van der Waals surface area contributed by atoms with Gasteiger partial charge < -0.3 is 15.5 Å². The van der Waals surface area contributed by atoms with Crippen molar-refractivity contribution >= 4 is 29.2 Å². The first-order chi connectivity index (χ1) is 8.72. The van der Waals surface area contributed by atoms with Crippen molar-refractivity contribution in [3.63, 3.8) is 0 Å². The standard InChI is InChI=1S/C13H18ClN3O2/c1-13(2,11(18)17(3)4)16-12(19)15-10-7-5-9(14)6-8-10/h5-8H,1-4H3,(H2,15,16,19). The second-order valence-corrected chi connectivity index (χ2v) is 5.35. The van der Waals surface area contributed by atoms with E-state index in [0.29, 0.717) is 10.7 Å². The molecule has 0 heterocycles. The molecule has 5 nitrogen and oxygen atoms in total. The van der Waals surface area contributed by atoms with Gasteiger partial charge in [0.25, 0.3) is 0 Å². The summed E-state index contributed by atoms with van der Waals surface area (Å²) in [5.41, 5.74) is -0.366. The lowest BCUT2D eigenvalue weighted by Gasteiger charge is -2.28. The van der Waals surface area contributed by atoms with Gasteiger partial charge in [0.05, 0.1) is 0 Å². The van der Waals surface area contributed by atoms with Crippen LogP contribution in [0.4, 0.5) is 10.5 Å². The lowest BCUT2D eigenvalue weighted by atomic mass is 10.0. The van der Waals surface area contributed by atoms with Crippen LogP contribution in [0.1, 0.15) is 13.8 Å². The third-order valence-corrected chi connectivity index (χ3v) is 2.72. The Balaban J connectivity index is 2.65. The number of amides is 3. The molecule has 0 saturated heterocycles. The van der Waals surface area contributed by atoms with Gasteiger partial charge in [-0.05, 0) is 38.1 Å². The molecule has 0 aliphatic rings. The highest BCUT2D eigenvalue weighted by atomic mass is 35.5. The molecule has 0 spiro atoms. The Morgan fingerprint density at radius 1 is 1.16 bits per heavy atom. The number of hydrogen-bond donors (Lipinski definition) is 2. The van der Waals surface area contributed by atoms with Crippen LogP contribution in [0.25, 0.3) is 0 Å². The summed E-state index contributed by atoms with van der Waals surface area (Å²) >= 11 is 5.75. The number of rotatable bonds is 3. The lowest BCUT2D eigenvalue weighted by molar-refractivity contribution is -0.134. The number of hydrogen-bond acceptors (Lipinski definition) is 2. The molecule has 6 heteroatoms. The molecule has 3 amide bonds. The number of anilines is 1. The van der Waals surface area contributed by atoms with Crippen LogP contribution in [0.2, 0.25) is 5.02 Å². The van der Waals surface area contributed by atoms with Crippen molar-refractivity contribution in [2.75, 3.05) is 19.4 Å². The Labute approximate surface area is 117 Å². The second kappa shape index (κ2) is 5.93. The number of nitrogens with zero attached hydrogens (tertiary/aromatic N) is 1. The van der Waals surface area contributed by atoms with E-state index in [1.807, 2.05) is 0 Å². The third-order valence-electron chi connectivity index (χ3n) is 2.47. The molecule has 0 radical (unpaired) electrons. The Morgan fingerprint density at radius 2 is 1.68 bits per heavy atom. The van der Waals surface area contributed by atoms with Gasteiger partial charge in [0, 0.05) is 24.8 Å². The average molecular weight is 284 g/mol. The lowest BCUT2D eigenvalue weighted by Crippen LogP contribution is -2.55. The van der Waals surface area contributed by atoms with E-state index in [1.54, 1.807) is 52.2 Å². The fourth-order valence-corrected chi connectivity index (χ4v) is 1.72. The molecule has 1 aromatic carbocycles. The molecule has 1 rings (SSSR count). The van der Waals surface area contributed by atoms with E-state index in [4.69, 9.17) is 11.6 Å². The first kappa shape index (κ1) is 15.3. The van der Waals surface area contributed by atoms with Gasteiger partial charge >= 0.3 is 6.03 Å². The molecule has 0 bridgehead atoms. The van der Waals surface area contributed by atoms with Crippen molar-refractivity contribution in [3.8, 4) is 0 Å². The van der Waals surface area contributed by atoms with Gasteiger partial charge in [-0.25, -0.2) is 4.79 Å². The zero-order valence-corrected chi connectivity index (χ0v) is 12.2. The summed E-state index contributed by atoms with van der Waals surface area (Å²) in [6.45, 7) is 3.30. The van der Waals surface area contributed by atoms with E-state index < -0.39 is 11.6 Å². The normalized spacial score (nSPS) is 10.8. The maximum atomic E-state index is 11.9. The minimum atomic E-state index is -0.972. The molecule has 19 heavy (non-hydrogen) atoms. The summed E-state index contributed by atoms with van der Waals surface area (Å²) in [6, 6.07) is 6.27. The number of benzene rings is 1. The van der Waals surface area contributed by atoms with E-state index in [2.05, 4.69) is 10.6 Å². The average Bonchev–Trinajstić information content (AvgIpc) is 2.30. The molecule has 0 fully saturated rings. The second-order valence-electron chi connectivity index (χ2n) is 4.91. The largest absolute Gasteiger partial charge is 0.347 e. The van der Waals surface area contributed by atoms with Crippen LogP contribution in [0.5, 0.6) is 0 Å². The summed E-state index contributed by atoms with van der Waals surface area (Å²) in [7, 11) is 3.28. The summed E-state index contributed by atoms with van der Waals surface area (Å²) in [5, 5.41) is 5.86. The van der Waals surface area contributed by atoms with E-state index in [-0.39, 0.29) is 5.91 Å². The first-order valence-electron chi connectivity index (χ1n) is 5.79. The van der Waals surface area contributed by atoms with Crippen molar-refractivity contribution < 1.29 is 9.59 Å². The summed E-state index contributed by atoms with van der Waals surface area (Å²) in [5.74, 6) is -0.182. The van der Waals surface area contributed by atoms with E-state index in [1.165, 1.54) is 4.90 Å². The highest BCUT2D eigenvalue weighted by molar-refractivity contribution is 6.30. The van der Waals surface area contributed by atoms with Crippen LogP contribution < -0.4 is 10.6 Å². The Kier molecular flexibility index (Phi) is 4.78. The Bertz CT molecular complexity index is 469. The van der Waals surface area contributed by atoms with Crippen LogP contribution in [0, 0.1) is 0 Å². The molecule has 0 aliphatic heterocycles. The third kappa shape index (κ3) is 4.44. The van der Waals surface area contributed by atoms with Crippen molar-refractivity contribution in [2.24, 2.45) is 0 Å². The van der Waals surface area contributed by atoms with Crippen molar-refractivity contribution in [1.82, 2.24) is 10.2 Å². The van der Waals surface area contributed by atoms with Crippen molar-refractivity contribution in [2.45, 2.75) is 19.4 Å². The van der Waals surface area contributed by atoms with Gasteiger partial charge in [-0.1, -0.05) is 11.6 Å². The van der Waals surface area contributed by atoms with Crippen LogP contribution in [0.3, 0.4) is 0 Å². The fraction of sp³-hybridized carbons (Fsp3) is 0.385. The summed E-state index contributed by atoms with van der Waals surface area (Å²) < 4.78 is 0. The molecule has 0 atom stereocenters. The number of urea groups is 1. The predicted molar refractivity (Wildman–Crippen MR) is 76.4 cm³/mol. The predicted octanol–water partition coefficient (Wildman–Crippen LogP) is 2.33. The van der Waals surface area contributed by atoms with Gasteiger partial charge in [0.15, 0.2) is 0 Å². The van der Waals surface area contributed by atoms with E-state index in [0.717, 1.165) is 0 Å². The van der Waals surface area contributed by atoms with E-state index in [9.17, 15) is 9.59 Å².